The number of nitrogens with one attached hydrogen (secondary N) is 1. The van der Waals surface area contributed by atoms with Gasteiger partial charge in [-0.2, -0.15) is 0 Å². The number of pyridine rings is 1. The zero-order valence-electron chi connectivity index (χ0n) is 7.37. The van der Waals surface area contributed by atoms with Crippen LogP contribution in [0.2, 0.25) is 5.02 Å². The summed E-state index contributed by atoms with van der Waals surface area (Å²) in [5.41, 5.74) is 2.06. The summed E-state index contributed by atoms with van der Waals surface area (Å²) >= 11 is 7.30. The number of hydrogen-bond donors (Lipinski definition) is 2. The van der Waals surface area contributed by atoms with E-state index < -0.39 is 0 Å². The van der Waals surface area contributed by atoms with Crippen LogP contribution in [0.4, 0.5) is 0 Å². The highest BCUT2D eigenvalue weighted by atomic mass is 35.5. The van der Waals surface area contributed by atoms with E-state index in [-0.39, 0.29) is 5.91 Å². The maximum atomic E-state index is 10.8. The Kier molecular flexibility index (Phi) is 4.72. The van der Waals surface area contributed by atoms with Gasteiger partial charge in [-0.3, -0.25) is 10.2 Å². The molecule has 0 spiro atoms. The quantitative estimate of drug-likeness (QED) is 0.354. The molecule has 6 heteroatoms. The molecule has 0 aliphatic rings. The topological polar surface area (TPSA) is 68.0 Å². The molecule has 0 fully saturated rings. The van der Waals surface area contributed by atoms with Crippen LogP contribution in [0.25, 0.3) is 0 Å². The third-order valence-electron chi connectivity index (χ3n) is 1.45. The Bertz CT molecular complexity index is 321. The molecule has 4 nitrogen and oxygen atoms in total. The molecule has 1 amide bonds. The number of nitrogens with zero attached hydrogens (tertiary/aromatic N) is 1. The van der Waals surface area contributed by atoms with Gasteiger partial charge in [-0.1, -0.05) is 11.6 Å². The van der Waals surface area contributed by atoms with Gasteiger partial charge < -0.3 is 0 Å². The molecule has 14 heavy (non-hydrogen) atoms. The maximum Gasteiger partial charge on any atom is 0.234 e. The fourth-order valence-corrected chi connectivity index (χ4v) is 1.90. The average molecular weight is 232 g/mol. The van der Waals surface area contributed by atoms with E-state index in [1.165, 1.54) is 11.8 Å². The molecule has 1 aromatic rings. The molecule has 3 N–H and O–H groups in total. The predicted octanol–water partition coefficient (Wildman–Crippen LogP) is 1.21. The van der Waals surface area contributed by atoms with Crippen LogP contribution in [-0.4, -0.2) is 16.6 Å². The second-order valence-corrected chi connectivity index (χ2v) is 3.95. The summed E-state index contributed by atoms with van der Waals surface area (Å²) in [7, 11) is 0. The van der Waals surface area contributed by atoms with E-state index in [4.69, 9.17) is 17.4 Å². The molecule has 76 valence electrons. The molecule has 0 aromatic carbocycles. The molecule has 0 radical (unpaired) electrons. The standard InChI is InChI=1S/C8H10ClN3OS/c9-6-2-1-4-11-8(6)14-5-3-7(13)12-10/h1-2,4H,3,5,10H2,(H,12,13). The molecule has 0 saturated heterocycles. The van der Waals surface area contributed by atoms with Gasteiger partial charge in [-0.15, -0.1) is 11.8 Å². The van der Waals surface area contributed by atoms with Gasteiger partial charge in [0.15, 0.2) is 0 Å². The summed E-state index contributed by atoms with van der Waals surface area (Å²) in [5.74, 6) is 5.35. The van der Waals surface area contributed by atoms with Crippen molar-refractivity contribution >= 4 is 29.3 Å². The lowest BCUT2D eigenvalue weighted by molar-refractivity contribution is -0.120. The Balaban J connectivity index is 2.39. The van der Waals surface area contributed by atoms with Crippen LogP contribution >= 0.6 is 23.4 Å². The van der Waals surface area contributed by atoms with E-state index in [1.54, 1.807) is 18.3 Å². The zero-order chi connectivity index (χ0) is 10.4. The van der Waals surface area contributed by atoms with Crippen molar-refractivity contribution in [3.8, 4) is 0 Å². The molecule has 0 unspecified atom stereocenters. The molecule has 1 aromatic heterocycles. The van der Waals surface area contributed by atoms with Gasteiger partial charge in [0.2, 0.25) is 5.91 Å². The van der Waals surface area contributed by atoms with Crippen LogP contribution in [0.1, 0.15) is 6.42 Å². The molecule has 0 atom stereocenters. The number of carbonyl (C=O) groups excluding carboxylic acids is 1. The molecule has 1 rings (SSSR count). The van der Waals surface area contributed by atoms with E-state index in [1.807, 2.05) is 0 Å². The fourth-order valence-electron chi connectivity index (χ4n) is 0.790. The largest absolute Gasteiger partial charge is 0.294 e. The van der Waals surface area contributed by atoms with Crippen molar-refractivity contribution in [2.45, 2.75) is 11.4 Å². The van der Waals surface area contributed by atoms with E-state index >= 15 is 0 Å². The van der Waals surface area contributed by atoms with Crippen LogP contribution < -0.4 is 11.3 Å². The second kappa shape index (κ2) is 5.85. The number of carbonyl (C=O) groups is 1. The number of hydrazine groups is 1. The van der Waals surface area contributed by atoms with Crippen molar-refractivity contribution in [2.24, 2.45) is 5.84 Å². The first-order valence-electron chi connectivity index (χ1n) is 3.97. The summed E-state index contributed by atoms with van der Waals surface area (Å²) in [6.07, 6.45) is 2.02. The Morgan fingerprint density at radius 1 is 1.71 bits per heavy atom. The van der Waals surface area contributed by atoms with Gasteiger partial charge in [0.25, 0.3) is 0 Å². The SMILES string of the molecule is NNC(=O)CCSc1ncccc1Cl. The number of hydrogen-bond acceptors (Lipinski definition) is 4. The monoisotopic (exact) mass is 231 g/mol. The number of halogens is 1. The highest BCUT2D eigenvalue weighted by Crippen LogP contribution is 2.24. The summed E-state index contributed by atoms with van der Waals surface area (Å²) in [6.45, 7) is 0. The number of amides is 1. The highest BCUT2D eigenvalue weighted by Gasteiger charge is 2.03. The van der Waals surface area contributed by atoms with Crippen molar-refractivity contribution in [1.82, 2.24) is 10.4 Å². The predicted molar refractivity (Wildman–Crippen MR) is 56.9 cm³/mol. The lowest BCUT2D eigenvalue weighted by atomic mass is 10.5. The average Bonchev–Trinajstić information content (AvgIpc) is 2.20. The fraction of sp³-hybridized carbons (Fsp3) is 0.250. The second-order valence-electron chi connectivity index (χ2n) is 2.46. The number of nitrogens with two attached hydrogens (primary N) is 1. The van der Waals surface area contributed by atoms with Gasteiger partial charge in [-0.25, -0.2) is 10.8 Å². The molecular formula is C8H10ClN3OS. The first-order valence-corrected chi connectivity index (χ1v) is 5.33. The van der Waals surface area contributed by atoms with Crippen molar-refractivity contribution in [3.63, 3.8) is 0 Å². The minimum Gasteiger partial charge on any atom is -0.294 e. The smallest absolute Gasteiger partial charge is 0.234 e. The van der Waals surface area contributed by atoms with Gasteiger partial charge in [0.05, 0.1) is 5.02 Å². The van der Waals surface area contributed by atoms with Gasteiger partial charge in [0.1, 0.15) is 5.03 Å². The Morgan fingerprint density at radius 3 is 3.14 bits per heavy atom. The van der Waals surface area contributed by atoms with Crippen LogP contribution in [0.3, 0.4) is 0 Å². The Labute approximate surface area is 91.2 Å². The lowest BCUT2D eigenvalue weighted by Crippen LogP contribution is -2.30. The molecule has 0 bridgehead atoms. The van der Waals surface area contributed by atoms with Crippen LogP contribution in [0.15, 0.2) is 23.4 Å². The van der Waals surface area contributed by atoms with E-state index in [2.05, 4.69) is 10.4 Å². The van der Waals surface area contributed by atoms with Crippen molar-refractivity contribution in [3.05, 3.63) is 23.4 Å². The Morgan fingerprint density at radius 2 is 2.50 bits per heavy atom. The van der Waals surface area contributed by atoms with Gasteiger partial charge in [-0.05, 0) is 12.1 Å². The number of thioether (sulfide) groups is 1. The molecule has 0 aliphatic carbocycles. The number of rotatable bonds is 4. The van der Waals surface area contributed by atoms with Gasteiger partial charge in [0, 0.05) is 18.4 Å². The van der Waals surface area contributed by atoms with Crippen LogP contribution in [-0.2, 0) is 4.79 Å². The highest BCUT2D eigenvalue weighted by molar-refractivity contribution is 7.99. The third kappa shape index (κ3) is 3.53. The van der Waals surface area contributed by atoms with Crippen LogP contribution in [0, 0.1) is 0 Å². The minimum atomic E-state index is -0.190. The maximum absolute atomic E-state index is 10.8. The summed E-state index contributed by atoms with van der Waals surface area (Å²) in [5, 5.41) is 1.34. The summed E-state index contributed by atoms with van der Waals surface area (Å²) in [4.78, 5) is 14.9. The number of aromatic nitrogens is 1. The van der Waals surface area contributed by atoms with Crippen molar-refractivity contribution in [1.29, 1.82) is 0 Å². The van der Waals surface area contributed by atoms with Crippen molar-refractivity contribution in [2.75, 3.05) is 5.75 Å². The van der Waals surface area contributed by atoms with Gasteiger partial charge >= 0.3 is 0 Å². The molecule has 0 aliphatic heterocycles. The van der Waals surface area contributed by atoms with E-state index in [0.29, 0.717) is 17.2 Å². The third-order valence-corrected chi connectivity index (χ3v) is 2.88. The molecule has 1 heterocycles. The first kappa shape index (κ1) is 11.3. The minimum absolute atomic E-state index is 0.190. The summed E-state index contributed by atoms with van der Waals surface area (Å²) < 4.78 is 0. The lowest BCUT2D eigenvalue weighted by Gasteiger charge is -2.01. The summed E-state index contributed by atoms with van der Waals surface area (Å²) in [6, 6.07) is 3.53. The van der Waals surface area contributed by atoms with Crippen LogP contribution in [0.5, 0.6) is 0 Å². The Hall–Kier alpha value is -0.780. The molecular weight excluding hydrogens is 222 g/mol. The van der Waals surface area contributed by atoms with E-state index in [9.17, 15) is 4.79 Å². The normalized spacial score (nSPS) is 9.86. The zero-order valence-corrected chi connectivity index (χ0v) is 8.94. The first-order chi connectivity index (χ1) is 6.74. The van der Waals surface area contributed by atoms with Crippen molar-refractivity contribution < 1.29 is 4.79 Å². The van der Waals surface area contributed by atoms with E-state index in [0.717, 1.165) is 5.03 Å². The molecule has 0 saturated carbocycles.